The number of nitrogens with zero attached hydrogens (tertiary/aromatic N) is 4. The number of carbonyl (C=O) groups excluding carboxylic acids is 1. The van der Waals surface area contributed by atoms with E-state index in [-0.39, 0.29) is 23.7 Å². The van der Waals surface area contributed by atoms with Gasteiger partial charge in [0.2, 0.25) is 0 Å². The van der Waals surface area contributed by atoms with Crippen LogP contribution in [0, 0.1) is 10.1 Å². The van der Waals surface area contributed by atoms with E-state index in [2.05, 4.69) is 15.2 Å². The normalized spacial score (nSPS) is 13.9. The number of benzene rings is 1. The monoisotopic (exact) mass is 385 g/mol. The number of morpholine rings is 1. The Bertz CT molecular complexity index is 865. The second-order valence-corrected chi connectivity index (χ2v) is 6.62. The number of ether oxygens (including phenoxy) is 1. The third kappa shape index (κ3) is 4.37. The standard InChI is InChI=1S/C19H23N5O4/c1-22(2)17-6-5-15(24(26)27)12-16(17)19(25)21-13-14-4-3-7-20-18(14)23-8-10-28-11-9-23/h3-7,12H,8-11,13H2,1-2H3,(H,21,25). The summed E-state index contributed by atoms with van der Waals surface area (Å²) in [5, 5.41) is 14.0. The van der Waals surface area contributed by atoms with Gasteiger partial charge in [-0.2, -0.15) is 0 Å². The molecule has 1 aromatic carbocycles. The van der Waals surface area contributed by atoms with Gasteiger partial charge in [0.1, 0.15) is 5.82 Å². The molecule has 1 aromatic heterocycles. The van der Waals surface area contributed by atoms with Crippen LogP contribution in [0.1, 0.15) is 15.9 Å². The highest BCUT2D eigenvalue weighted by molar-refractivity contribution is 6.00. The van der Waals surface area contributed by atoms with Gasteiger partial charge in [-0.3, -0.25) is 14.9 Å². The Labute approximate surface area is 163 Å². The average Bonchev–Trinajstić information content (AvgIpc) is 2.72. The van der Waals surface area contributed by atoms with Crippen molar-refractivity contribution in [3.8, 4) is 0 Å². The quantitative estimate of drug-likeness (QED) is 0.598. The zero-order valence-corrected chi connectivity index (χ0v) is 15.9. The molecule has 0 unspecified atom stereocenters. The van der Waals surface area contributed by atoms with Gasteiger partial charge in [-0.05, 0) is 12.1 Å². The summed E-state index contributed by atoms with van der Waals surface area (Å²) in [4.78, 5) is 31.7. The molecule has 3 rings (SSSR count). The predicted molar refractivity (Wildman–Crippen MR) is 106 cm³/mol. The minimum absolute atomic E-state index is 0.119. The van der Waals surface area contributed by atoms with Crippen LogP contribution in [-0.4, -0.2) is 56.2 Å². The van der Waals surface area contributed by atoms with E-state index in [1.165, 1.54) is 12.1 Å². The van der Waals surface area contributed by atoms with Crippen LogP contribution >= 0.6 is 0 Å². The molecular formula is C19H23N5O4. The molecule has 1 aliphatic rings. The van der Waals surface area contributed by atoms with Gasteiger partial charge < -0.3 is 19.9 Å². The average molecular weight is 385 g/mol. The van der Waals surface area contributed by atoms with Crippen molar-refractivity contribution in [3.05, 3.63) is 57.8 Å². The zero-order valence-electron chi connectivity index (χ0n) is 15.9. The molecule has 0 atom stereocenters. The second-order valence-electron chi connectivity index (χ2n) is 6.62. The molecule has 0 aliphatic carbocycles. The van der Waals surface area contributed by atoms with Crippen molar-refractivity contribution in [2.45, 2.75) is 6.54 Å². The van der Waals surface area contributed by atoms with Crippen molar-refractivity contribution < 1.29 is 14.5 Å². The summed E-state index contributed by atoms with van der Waals surface area (Å²) < 4.78 is 5.38. The lowest BCUT2D eigenvalue weighted by molar-refractivity contribution is -0.384. The molecule has 0 radical (unpaired) electrons. The third-order valence-electron chi connectivity index (χ3n) is 4.53. The Morgan fingerprint density at radius 2 is 2.07 bits per heavy atom. The van der Waals surface area contributed by atoms with Crippen LogP contribution in [0.5, 0.6) is 0 Å². The number of anilines is 2. The summed E-state index contributed by atoms with van der Waals surface area (Å²) in [5.74, 6) is 0.446. The number of rotatable bonds is 6. The molecule has 0 bridgehead atoms. The Morgan fingerprint density at radius 3 is 2.75 bits per heavy atom. The van der Waals surface area contributed by atoms with Crippen LogP contribution in [0.15, 0.2) is 36.5 Å². The summed E-state index contributed by atoms with van der Waals surface area (Å²) >= 11 is 0. The molecule has 1 saturated heterocycles. The minimum Gasteiger partial charge on any atom is -0.378 e. The van der Waals surface area contributed by atoms with Crippen LogP contribution in [-0.2, 0) is 11.3 Å². The van der Waals surface area contributed by atoms with Gasteiger partial charge in [0, 0.05) is 63.3 Å². The Morgan fingerprint density at radius 1 is 1.32 bits per heavy atom. The largest absolute Gasteiger partial charge is 0.378 e. The Hall–Kier alpha value is -3.20. The second kappa shape index (κ2) is 8.66. The SMILES string of the molecule is CN(C)c1ccc([N+](=O)[O-])cc1C(=O)NCc1cccnc1N1CCOCC1. The number of nitro benzene ring substituents is 1. The molecule has 148 valence electrons. The number of amides is 1. The highest BCUT2D eigenvalue weighted by Gasteiger charge is 2.20. The van der Waals surface area contributed by atoms with Crippen molar-refractivity contribution in [1.82, 2.24) is 10.3 Å². The third-order valence-corrected chi connectivity index (χ3v) is 4.53. The van der Waals surface area contributed by atoms with E-state index in [0.717, 1.165) is 24.5 Å². The maximum Gasteiger partial charge on any atom is 0.270 e. The molecule has 28 heavy (non-hydrogen) atoms. The molecule has 9 nitrogen and oxygen atoms in total. The van der Waals surface area contributed by atoms with E-state index >= 15 is 0 Å². The first-order valence-corrected chi connectivity index (χ1v) is 8.98. The molecule has 9 heteroatoms. The number of hydrogen-bond donors (Lipinski definition) is 1. The van der Waals surface area contributed by atoms with E-state index in [0.29, 0.717) is 18.9 Å². The van der Waals surface area contributed by atoms with Crippen molar-refractivity contribution in [1.29, 1.82) is 0 Å². The number of carbonyl (C=O) groups is 1. The fraction of sp³-hybridized carbons (Fsp3) is 0.368. The van der Waals surface area contributed by atoms with E-state index < -0.39 is 4.92 Å². The summed E-state index contributed by atoms with van der Waals surface area (Å²) in [7, 11) is 3.57. The van der Waals surface area contributed by atoms with Gasteiger partial charge in [-0.25, -0.2) is 4.98 Å². The fourth-order valence-electron chi connectivity index (χ4n) is 3.11. The van der Waals surface area contributed by atoms with Gasteiger partial charge in [0.15, 0.2) is 0 Å². The number of nitrogens with one attached hydrogen (secondary N) is 1. The maximum atomic E-state index is 12.8. The highest BCUT2D eigenvalue weighted by atomic mass is 16.6. The van der Waals surface area contributed by atoms with Gasteiger partial charge in [-0.15, -0.1) is 0 Å². The lowest BCUT2D eigenvalue weighted by atomic mass is 10.1. The van der Waals surface area contributed by atoms with Gasteiger partial charge >= 0.3 is 0 Å². The lowest BCUT2D eigenvalue weighted by Gasteiger charge is -2.29. The van der Waals surface area contributed by atoms with Crippen molar-refractivity contribution in [2.75, 3.05) is 50.2 Å². The Balaban J connectivity index is 1.79. The number of pyridine rings is 1. The zero-order chi connectivity index (χ0) is 20.1. The van der Waals surface area contributed by atoms with Crippen LogP contribution in [0.25, 0.3) is 0 Å². The van der Waals surface area contributed by atoms with Crippen molar-refractivity contribution in [2.24, 2.45) is 0 Å². The van der Waals surface area contributed by atoms with Gasteiger partial charge in [-0.1, -0.05) is 6.07 Å². The molecule has 1 amide bonds. The fourth-order valence-corrected chi connectivity index (χ4v) is 3.11. The van der Waals surface area contributed by atoms with E-state index in [1.807, 2.05) is 12.1 Å². The molecule has 1 N–H and O–H groups in total. The van der Waals surface area contributed by atoms with E-state index in [9.17, 15) is 14.9 Å². The summed E-state index contributed by atoms with van der Waals surface area (Å²) in [6, 6.07) is 8.01. The first-order chi connectivity index (χ1) is 13.5. The number of non-ortho nitro benzene ring substituents is 1. The predicted octanol–water partition coefficient (Wildman–Crippen LogP) is 1.82. The molecule has 0 saturated carbocycles. The van der Waals surface area contributed by atoms with E-state index in [1.54, 1.807) is 31.3 Å². The maximum absolute atomic E-state index is 12.8. The number of aromatic nitrogens is 1. The molecule has 0 spiro atoms. The summed E-state index contributed by atoms with van der Waals surface area (Å²) in [6.45, 7) is 3.04. The smallest absolute Gasteiger partial charge is 0.270 e. The van der Waals surface area contributed by atoms with Crippen LogP contribution < -0.4 is 15.1 Å². The van der Waals surface area contributed by atoms with Gasteiger partial charge in [0.05, 0.1) is 23.7 Å². The van der Waals surface area contributed by atoms with Crippen molar-refractivity contribution in [3.63, 3.8) is 0 Å². The van der Waals surface area contributed by atoms with Gasteiger partial charge in [0.25, 0.3) is 11.6 Å². The molecule has 1 aliphatic heterocycles. The minimum atomic E-state index is -0.506. The van der Waals surface area contributed by atoms with Crippen LogP contribution in [0.3, 0.4) is 0 Å². The highest BCUT2D eigenvalue weighted by Crippen LogP contribution is 2.25. The Kier molecular flexibility index (Phi) is 6.05. The van der Waals surface area contributed by atoms with E-state index in [4.69, 9.17) is 4.74 Å². The number of nitro groups is 1. The molecule has 1 fully saturated rings. The van der Waals surface area contributed by atoms with Crippen LogP contribution in [0.4, 0.5) is 17.2 Å². The van der Waals surface area contributed by atoms with Crippen molar-refractivity contribution >= 4 is 23.1 Å². The molecule has 2 aromatic rings. The lowest BCUT2D eigenvalue weighted by Crippen LogP contribution is -2.38. The summed E-state index contributed by atoms with van der Waals surface area (Å²) in [5.41, 5.74) is 1.64. The summed E-state index contributed by atoms with van der Waals surface area (Å²) in [6.07, 6.45) is 1.72. The molecular weight excluding hydrogens is 362 g/mol. The first-order valence-electron chi connectivity index (χ1n) is 8.98. The topological polar surface area (TPSA) is 101 Å². The number of hydrogen-bond acceptors (Lipinski definition) is 7. The van der Waals surface area contributed by atoms with Crippen LogP contribution in [0.2, 0.25) is 0 Å². The molecule has 2 heterocycles. The first kappa shape index (κ1) is 19.6.